The summed E-state index contributed by atoms with van der Waals surface area (Å²) >= 11 is 5.36. The van der Waals surface area contributed by atoms with Crippen LogP contribution < -0.4 is 11.1 Å². The van der Waals surface area contributed by atoms with Crippen molar-refractivity contribution in [2.45, 2.75) is 24.8 Å². The fourth-order valence-electron chi connectivity index (χ4n) is 2.42. The largest absolute Gasteiger partial charge is 0.399 e. The zero-order valence-corrected chi connectivity index (χ0v) is 13.1. The van der Waals surface area contributed by atoms with Gasteiger partial charge >= 0.3 is 0 Å². The van der Waals surface area contributed by atoms with Gasteiger partial charge in [0.15, 0.2) is 0 Å². The summed E-state index contributed by atoms with van der Waals surface area (Å²) in [4.78, 5) is 1.37. The Morgan fingerprint density at radius 1 is 1.21 bits per heavy atom. The molecule has 0 atom stereocenters. The fraction of sp³-hybridized carbons (Fsp3) is 0.333. The van der Waals surface area contributed by atoms with Crippen molar-refractivity contribution in [3.8, 4) is 0 Å². The maximum Gasteiger partial charge on any atom is 0.0327 e. The number of nitrogens with two attached hydrogens (primary N) is 1. The van der Waals surface area contributed by atoms with E-state index in [0.717, 1.165) is 18.8 Å². The first-order chi connectivity index (χ1) is 9.20. The monoisotopic (exact) mass is 336 g/mol. The summed E-state index contributed by atoms with van der Waals surface area (Å²) < 4.78 is 1.21. The third-order valence-electron chi connectivity index (χ3n) is 3.82. The van der Waals surface area contributed by atoms with Crippen LogP contribution in [-0.2, 0) is 12.0 Å². The van der Waals surface area contributed by atoms with Gasteiger partial charge in [-0.15, -0.1) is 11.3 Å². The van der Waals surface area contributed by atoms with Gasteiger partial charge in [0.1, 0.15) is 0 Å². The van der Waals surface area contributed by atoms with Gasteiger partial charge in [0.25, 0.3) is 0 Å². The van der Waals surface area contributed by atoms with Crippen LogP contribution in [0.2, 0.25) is 0 Å². The van der Waals surface area contributed by atoms with E-state index in [-0.39, 0.29) is 0 Å². The Kier molecular flexibility index (Phi) is 3.65. The van der Waals surface area contributed by atoms with E-state index in [1.54, 1.807) is 11.3 Å². The molecule has 1 heterocycles. The number of benzene rings is 1. The lowest BCUT2D eigenvalue weighted by atomic mass is 9.96. The zero-order chi connectivity index (χ0) is 13.3. The fourth-order valence-corrected chi connectivity index (χ4v) is 3.88. The average Bonchev–Trinajstić information content (AvgIpc) is 3.08. The highest BCUT2D eigenvalue weighted by Gasteiger charge is 2.43. The lowest BCUT2D eigenvalue weighted by Crippen LogP contribution is -2.26. The van der Waals surface area contributed by atoms with Gasteiger partial charge in [-0.3, -0.25) is 0 Å². The second-order valence-corrected chi connectivity index (χ2v) is 7.05. The zero-order valence-electron chi connectivity index (χ0n) is 10.7. The van der Waals surface area contributed by atoms with Crippen molar-refractivity contribution in [3.63, 3.8) is 0 Å². The molecule has 19 heavy (non-hydrogen) atoms. The number of anilines is 1. The lowest BCUT2D eigenvalue weighted by molar-refractivity contribution is 0.577. The van der Waals surface area contributed by atoms with Gasteiger partial charge in [0, 0.05) is 33.5 Å². The molecule has 1 aliphatic carbocycles. The Morgan fingerprint density at radius 2 is 1.95 bits per heavy atom. The van der Waals surface area contributed by atoms with E-state index < -0.39 is 0 Å². The van der Waals surface area contributed by atoms with Crippen molar-refractivity contribution in [2.24, 2.45) is 0 Å². The molecule has 0 radical (unpaired) electrons. The van der Waals surface area contributed by atoms with E-state index in [1.807, 2.05) is 12.1 Å². The summed E-state index contributed by atoms with van der Waals surface area (Å²) in [5, 5.41) is 5.71. The molecule has 2 aromatic rings. The standard InChI is InChI=1S/C15H17BrN2S/c16-13-5-8-19-14(13)9-18-10-15(6-7-15)11-1-3-12(17)4-2-11/h1-5,8,18H,6-7,9-10,17H2. The Balaban J connectivity index is 1.60. The maximum atomic E-state index is 5.75. The molecule has 4 heteroatoms. The van der Waals surface area contributed by atoms with Crippen molar-refractivity contribution < 1.29 is 0 Å². The highest BCUT2D eigenvalue weighted by Crippen LogP contribution is 2.47. The minimum absolute atomic E-state index is 0.345. The molecule has 100 valence electrons. The average molecular weight is 337 g/mol. The molecule has 2 nitrogen and oxygen atoms in total. The molecule has 0 unspecified atom stereocenters. The van der Waals surface area contributed by atoms with E-state index in [1.165, 1.54) is 27.8 Å². The van der Waals surface area contributed by atoms with Crippen LogP contribution in [0.1, 0.15) is 23.3 Å². The van der Waals surface area contributed by atoms with E-state index in [0.29, 0.717) is 5.41 Å². The van der Waals surface area contributed by atoms with Crippen molar-refractivity contribution in [2.75, 3.05) is 12.3 Å². The van der Waals surface area contributed by atoms with Crippen molar-refractivity contribution in [1.29, 1.82) is 0 Å². The normalized spacial score (nSPS) is 16.5. The van der Waals surface area contributed by atoms with Gasteiger partial charge in [-0.2, -0.15) is 0 Å². The van der Waals surface area contributed by atoms with Gasteiger partial charge in [-0.1, -0.05) is 12.1 Å². The second kappa shape index (κ2) is 5.27. The van der Waals surface area contributed by atoms with E-state index in [9.17, 15) is 0 Å². The summed E-state index contributed by atoms with van der Waals surface area (Å²) in [6.45, 7) is 1.98. The van der Waals surface area contributed by atoms with Gasteiger partial charge in [0.05, 0.1) is 0 Å². The minimum Gasteiger partial charge on any atom is -0.399 e. The summed E-state index contributed by atoms with van der Waals surface area (Å²) in [7, 11) is 0. The molecule has 0 saturated heterocycles. The third kappa shape index (κ3) is 2.86. The Labute approximate surface area is 126 Å². The predicted octanol–water partition coefficient (Wildman–Crippen LogP) is 3.91. The van der Waals surface area contributed by atoms with Crippen LogP contribution in [0.4, 0.5) is 5.69 Å². The van der Waals surface area contributed by atoms with Gasteiger partial charge in [-0.25, -0.2) is 0 Å². The first-order valence-electron chi connectivity index (χ1n) is 6.48. The van der Waals surface area contributed by atoms with Crippen LogP contribution in [0.25, 0.3) is 0 Å². The van der Waals surface area contributed by atoms with Gasteiger partial charge in [0.2, 0.25) is 0 Å². The summed E-state index contributed by atoms with van der Waals surface area (Å²) in [5.74, 6) is 0. The second-order valence-electron chi connectivity index (χ2n) is 5.20. The summed E-state index contributed by atoms with van der Waals surface area (Å²) in [6.07, 6.45) is 2.55. The van der Waals surface area contributed by atoms with E-state index in [2.05, 4.69) is 44.8 Å². The van der Waals surface area contributed by atoms with E-state index in [4.69, 9.17) is 5.73 Å². The highest BCUT2D eigenvalue weighted by molar-refractivity contribution is 9.10. The Hall–Kier alpha value is -0.840. The molecule has 1 saturated carbocycles. The molecule has 0 spiro atoms. The molecule has 3 N–H and O–H groups in total. The van der Waals surface area contributed by atoms with Crippen LogP contribution >= 0.6 is 27.3 Å². The molecule has 1 aliphatic rings. The summed E-state index contributed by atoms with van der Waals surface area (Å²) in [6, 6.07) is 10.5. The number of hydrogen-bond acceptors (Lipinski definition) is 3. The third-order valence-corrected chi connectivity index (χ3v) is 5.74. The molecule has 1 fully saturated rings. The van der Waals surface area contributed by atoms with Crippen molar-refractivity contribution in [1.82, 2.24) is 5.32 Å². The van der Waals surface area contributed by atoms with E-state index >= 15 is 0 Å². The Morgan fingerprint density at radius 3 is 2.53 bits per heavy atom. The number of nitrogens with one attached hydrogen (secondary N) is 1. The SMILES string of the molecule is Nc1ccc(C2(CNCc3sccc3Br)CC2)cc1. The number of hydrogen-bond donors (Lipinski definition) is 2. The number of rotatable bonds is 5. The first kappa shape index (κ1) is 13.2. The molecule has 1 aromatic heterocycles. The molecular weight excluding hydrogens is 320 g/mol. The Bertz CT molecular complexity index is 558. The molecular formula is C15H17BrN2S. The number of halogens is 1. The quantitative estimate of drug-likeness (QED) is 0.812. The van der Waals surface area contributed by atoms with Crippen LogP contribution in [-0.4, -0.2) is 6.54 Å². The van der Waals surface area contributed by atoms with Crippen LogP contribution in [0.3, 0.4) is 0 Å². The number of thiophene rings is 1. The van der Waals surface area contributed by atoms with Crippen molar-refractivity contribution in [3.05, 3.63) is 50.6 Å². The molecule has 0 bridgehead atoms. The molecule has 1 aromatic carbocycles. The maximum absolute atomic E-state index is 5.75. The van der Waals surface area contributed by atoms with Crippen molar-refractivity contribution >= 4 is 33.0 Å². The highest BCUT2D eigenvalue weighted by atomic mass is 79.9. The van der Waals surface area contributed by atoms with Gasteiger partial charge in [-0.05, 0) is 57.9 Å². The predicted molar refractivity (Wildman–Crippen MR) is 85.5 cm³/mol. The summed E-state index contributed by atoms with van der Waals surface area (Å²) in [5.41, 5.74) is 8.36. The van der Waals surface area contributed by atoms with Crippen LogP contribution in [0.5, 0.6) is 0 Å². The smallest absolute Gasteiger partial charge is 0.0327 e. The lowest BCUT2D eigenvalue weighted by Gasteiger charge is -2.16. The molecule has 0 aliphatic heterocycles. The number of nitrogen functional groups attached to an aromatic ring is 1. The molecule has 3 rings (SSSR count). The molecule has 0 amide bonds. The van der Waals surface area contributed by atoms with Crippen LogP contribution in [0.15, 0.2) is 40.2 Å². The topological polar surface area (TPSA) is 38.0 Å². The van der Waals surface area contributed by atoms with Crippen LogP contribution in [0, 0.1) is 0 Å². The first-order valence-corrected chi connectivity index (χ1v) is 8.15. The minimum atomic E-state index is 0.345. The van der Waals surface area contributed by atoms with Gasteiger partial charge < -0.3 is 11.1 Å².